The van der Waals surface area contributed by atoms with E-state index in [-0.39, 0.29) is 21.1 Å². The van der Waals surface area contributed by atoms with Gasteiger partial charge in [-0.3, -0.25) is 0 Å². The molecule has 0 N–H and O–H groups in total. The van der Waals surface area contributed by atoms with Crippen LogP contribution in [0.4, 0.5) is 39.8 Å². The molecule has 0 saturated carbocycles. The number of rotatable bonds is 11. The second-order valence-corrected chi connectivity index (χ2v) is 19.0. The van der Waals surface area contributed by atoms with Crippen LogP contribution in [0, 0.1) is 12.1 Å². The van der Waals surface area contributed by atoms with E-state index in [9.17, 15) is 0 Å². The fraction of sp³-hybridized carbons (Fsp3) is 0.106. The molecule has 2 aromatic heterocycles. The van der Waals surface area contributed by atoms with Crippen LogP contribution in [-0.4, -0.2) is 16.2 Å². The van der Waals surface area contributed by atoms with E-state index in [4.69, 9.17) is 4.98 Å². The molecule has 352 valence electrons. The Balaban J connectivity index is 0.00000560. The number of anilines is 7. The molecule has 0 atom stereocenters. The molecular weight excluding hydrogens is 1060 g/mol. The molecule has 1 aliphatic rings. The van der Waals surface area contributed by atoms with E-state index < -0.39 is 0 Å². The summed E-state index contributed by atoms with van der Waals surface area (Å²) >= 11 is 0. The van der Waals surface area contributed by atoms with E-state index >= 15 is 0 Å². The van der Waals surface area contributed by atoms with Gasteiger partial charge in [0, 0.05) is 28.5 Å². The first-order valence-electron chi connectivity index (χ1n) is 24.7. The molecule has 0 amide bonds. The number of para-hydroxylation sites is 5. The average Bonchev–Trinajstić information content (AvgIpc) is 3.98. The van der Waals surface area contributed by atoms with Gasteiger partial charge in [0.1, 0.15) is 5.82 Å². The Hall–Kier alpha value is -7.98. The number of pyridine rings is 1. The largest absolute Gasteiger partial charge is 2.00 e. The molecule has 3 heterocycles. The summed E-state index contributed by atoms with van der Waals surface area (Å²) in [6.45, 7) is 9.79. The number of benzene rings is 9. The van der Waals surface area contributed by atoms with Crippen molar-refractivity contribution in [3.05, 3.63) is 248 Å². The van der Waals surface area contributed by atoms with Gasteiger partial charge in [-0.05, 0) is 93.1 Å². The fourth-order valence-corrected chi connectivity index (χ4v) is 10.7. The summed E-state index contributed by atoms with van der Waals surface area (Å²) in [5.41, 5.74) is 18.8. The molecule has 0 aliphatic carbocycles. The normalized spacial score (nSPS) is 12.2. The Morgan fingerprint density at radius 2 is 1.06 bits per heavy atom. The molecule has 0 unspecified atom stereocenters. The minimum Gasteiger partial charge on any atom is -0.357 e. The number of aromatic nitrogens is 2. The molecule has 72 heavy (non-hydrogen) atoms. The zero-order valence-corrected chi connectivity index (χ0v) is 43.0. The van der Waals surface area contributed by atoms with E-state index in [1.807, 2.05) is 6.20 Å². The summed E-state index contributed by atoms with van der Waals surface area (Å²) in [7, 11) is 0. The minimum atomic E-state index is 0. The third kappa shape index (κ3) is 8.28. The van der Waals surface area contributed by atoms with Crippen molar-refractivity contribution < 1.29 is 21.1 Å². The molecule has 0 radical (unpaired) electrons. The van der Waals surface area contributed by atoms with E-state index in [2.05, 4.69) is 277 Å². The van der Waals surface area contributed by atoms with Crippen LogP contribution in [0.2, 0.25) is 0 Å². The summed E-state index contributed by atoms with van der Waals surface area (Å²) < 4.78 is 2.31. The molecule has 6 heteroatoms. The molecule has 0 spiro atoms. The Morgan fingerprint density at radius 3 is 1.72 bits per heavy atom. The van der Waals surface area contributed by atoms with Crippen molar-refractivity contribution >= 4 is 61.6 Å². The molecule has 0 saturated heterocycles. The molecular formula is C66H53N5Pt. The Bertz CT molecular complexity index is 3630. The van der Waals surface area contributed by atoms with Gasteiger partial charge in [-0.15, -0.1) is 35.7 Å². The molecule has 12 rings (SSSR count). The van der Waals surface area contributed by atoms with E-state index in [1.54, 1.807) is 0 Å². The van der Waals surface area contributed by atoms with Crippen LogP contribution in [0.3, 0.4) is 0 Å². The van der Waals surface area contributed by atoms with Gasteiger partial charge >= 0.3 is 21.1 Å². The number of hydrogen-bond acceptors (Lipinski definition) is 4. The molecule has 9 aromatic carbocycles. The van der Waals surface area contributed by atoms with E-state index in [0.29, 0.717) is 18.5 Å². The average molecular weight is 1110 g/mol. The fourth-order valence-electron chi connectivity index (χ4n) is 10.7. The maximum absolute atomic E-state index is 5.17. The second-order valence-electron chi connectivity index (χ2n) is 19.0. The van der Waals surface area contributed by atoms with Gasteiger partial charge in [0.25, 0.3) is 0 Å². The van der Waals surface area contributed by atoms with Crippen molar-refractivity contribution in [2.75, 3.05) is 21.4 Å². The van der Waals surface area contributed by atoms with Crippen LogP contribution in [0.25, 0.3) is 61.0 Å². The van der Waals surface area contributed by atoms with Crippen molar-refractivity contribution in [1.29, 1.82) is 0 Å². The van der Waals surface area contributed by atoms with E-state index in [0.717, 1.165) is 95.3 Å². The van der Waals surface area contributed by atoms with Crippen molar-refractivity contribution in [2.24, 2.45) is 0 Å². The van der Waals surface area contributed by atoms with Gasteiger partial charge in [0.15, 0.2) is 0 Å². The van der Waals surface area contributed by atoms with Crippen molar-refractivity contribution in [3.8, 4) is 39.2 Å². The van der Waals surface area contributed by atoms with Gasteiger partial charge in [-0.1, -0.05) is 196 Å². The third-order valence-electron chi connectivity index (χ3n) is 14.0. The predicted molar refractivity (Wildman–Crippen MR) is 297 cm³/mol. The van der Waals surface area contributed by atoms with Crippen LogP contribution < -0.4 is 14.7 Å². The van der Waals surface area contributed by atoms with Gasteiger partial charge in [-0.25, -0.2) is 4.98 Å². The van der Waals surface area contributed by atoms with Crippen LogP contribution >= 0.6 is 0 Å². The topological polar surface area (TPSA) is 27.5 Å². The van der Waals surface area contributed by atoms with Crippen molar-refractivity contribution in [1.82, 2.24) is 9.55 Å². The molecule has 0 fully saturated rings. The Kier molecular flexibility index (Phi) is 12.7. The molecule has 0 bridgehead atoms. The third-order valence-corrected chi connectivity index (χ3v) is 14.0. The molecule has 1 aliphatic heterocycles. The quantitative estimate of drug-likeness (QED) is 0.121. The van der Waals surface area contributed by atoms with Gasteiger partial charge in [0.2, 0.25) is 0 Å². The smallest absolute Gasteiger partial charge is 0.357 e. The predicted octanol–water partition coefficient (Wildman–Crippen LogP) is 17.7. The van der Waals surface area contributed by atoms with Crippen LogP contribution in [0.5, 0.6) is 0 Å². The maximum Gasteiger partial charge on any atom is 2.00 e. The number of nitrogens with zero attached hydrogens (tertiary/aromatic N) is 5. The summed E-state index contributed by atoms with van der Waals surface area (Å²) in [6.07, 6.45) is 1.97. The van der Waals surface area contributed by atoms with Gasteiger partial charge < -0.3 is 19.3 Å². The monoisotopic (exact) mass is 1110 g/mol. The summed E-state index contributed by atoms with van der Waals surface area (Å²) in [6, 6.07) is 86.5. The van der Waals surface area contributed by atoms with Crippen molar-refractivity contribution in [2.45, 2.75) is 39.5 Å². The Morgan fingerprint density at radius 1 is 0.486 bits per heavy atom. The zero-order chi connectivity index (χ0) is 48.0. The zero-order valence-electron chi connectivity index (χ0n) is 40.8. The SMILES string of the molecule is CC(C)c1cccc(C(C)C)c1-c1ccnc(-n2c3[c-]c(N(c4[c-]c(N5CN(c6ccccc6)c6ccccc65)ccc4)c4c(-c5ccccc5)cccc4-c4ccccc4)ccc3c3ccccc32)c1.[Pt+2]. The standard InChI is InChI=1S/C66H53N5.Pt/c1-45(2)54-30-19-31-55(46(3)4)65(54)49-39-40-67-64(41-49)71-60-34-15-14-29-58(60)59-38-37-53(43-63(59)71)70(66-56(47-21-8-5-9-22-47)32-20-33-57(66)48-23-10-6-11-24-48)52-28-18-27-51(42-52)69-44-68(50-25-12-7-13-26-50)61-35-16-17-36-62(61)69;/h5-41,45-46H,44H2,1-4H3;/q-2;+2. The second kappa shape index (κ2) is 19.7. The van der Waals surface area contributed by atoms with Crippen LogP contribution in [0.1, 0.15) is 50.7 Å². The maximum atomic E-state index is 5.17. The summed E-state index contributed by atoms with van der Waals surface area (Å²) in [5, 5.41) is 2.25. The molecule has 11 aromatic rings. The van der Waals surface area contributed by atoms with Gasteiger partial charge in [0.05, 0.1) is 23.7 Å². The first-order chi connectivity index (χ1) is 34.9. The number of hydrogen-bond donors (Lipinski definition) is 0. The first-order valence-corrected chi connectivity index (χ1v) is 24.7. The van der Waals surface area contributed by atoms with Crippen LogP contribution in [0.15, 0.2) is 225 Å². The van der Waals surface area contributed by atoms with Crippen LogP contribution in [-0.2, 0) is 21.1 Å². The number of fused-ring (bicyclic) bond motifs is 4. The Labute approximate surface area is 437 Å². The minimum absolute atomic E-state index is 0. The van der Waals surface area contributed by atoms with Gasteiger partial charge in [-0.2, -0.15) is 12.1 Å². The summed E-state index contributed by atoms with van der Waals surface area (Å²) in [5.74, 6) is 1.56. The van der Waals surface area contributed by atoms with Crippen molar-refractivity contribution in [3.63, 3.8) is 0 Å². The first kappa shape index (κ1) is 46.4. The molecule has 5 nitrogen and oxygen atoms in total. The van der Waals surface area contributed by atoms with E-state index in [1.165, 1.54) is 16.7 Å². The summed E-state index contributed by atoms with van der Waals surface area (Å²) in [4.78, 5) is 12.3.